The Labute approximate surface area is 148 Å². The van der Waals surface area contributed by atoms with E-state index in [0.717, 1.165) is 12.8 Å². The van der Waals surface area contributed by atoms with Crippen molar-refractivity contribution in [2.45, 2.75) is 19.8 Å². The molecule has 2 aromatic rings. The standard InChI is InChI=1S/C19H29N3OS/c1-16-20-19-17(4-2-5-18(19)24-16)6-8-22-12-9-21(10-13-22,11-14-22)7-3-15-23/h2,4-5,23H,3,6-15H2,1H3/q+2. The molecule has 24 heavy (non-hydrogen) atoms. The SMILES string of the molecule is Cc1nc2c(CC[N+]34CC[N+](CCCO)(CC3)CC4)cccc2s1. The van der Waals surface area contributed by atoms with E-state index in [-0.39, 0.29) is 0 Å². The molecule has 0 atom stereocenters. The Balaban J connectivity index is 1.43. The van der Waals surface area contributed by atoms with Crippen molar-refractivity contribution in [1.29, 1.82) is 0 Å². The number of thiazole rings is 1. The van der Waals surface area contributed by atoms with Crippen molar-refractivity contribution in [3.8, 4) is 0 Å². The number of aliphatic hydroxyl groups is 1. The van der Waals surface area contributed by atoms with Crippen LogP contribution in [0.1, 0.15) is 17.0 Å². The van der Waals surface area contributed by atoms with Crippen molar-refractivity contribution >= 4 is 21.6 Å². The number of quaternary nitrogens is 2. The zero-order valence-electron chi connectivity index (χ0n) is 14.7. The molecular formula is C19H29N3OS+2. The summed E-state index contributed by atoms with van der Waals surface area (Å²) >= 11 is 1.81. The van der Waals surface area contributed by atoms with Gasteiger partial charge in [0.15, 0.2) is 0 Å². The molecule has 3 saturated heterocycles. The summed E-state index contributed by atoms with van der Waals surface area (Å²) < 4.78 is 3.90. The third kappa shape index (κ3) is 2.99. The molecule has 0 radical (unpaired) electrons. The van der Waals surface area contributed by atoms with Gasteiger partial charge in [0.05, 0.1) is 28.3 Å². The number of hydrogen-bond donors (Lipinski definition) is 1. The first-order valence-electron chi connectivity index (χ1n) is 9.30. The van der Waals surface area contributed by atoms with Crippen LogP contribution in [0.3, 0.4) is 0 Å². The van der Waals surface area contributed by atoms with Crippen molar-refractivity contribution in [3.63, 3.8) is 0 Å². The Kier molecular flexibility index (Phi) is 4.37. The van der Waals surface area contributed by atoms with E-state index < -0.39 is 0 Å². The summed E-state index contributed by atoms with van der Waals surface area (Å²) in [5.41, 5.74) is 2.67. The predicted octanol–water partition coefficient (Wildman–Crippen LogP) is 2.19. The van der Waals surface area contributed by atoms with Gasteiger partial charge in [0.1, 0.15) is 39.3 Å². The molecule has 0 aliphatic carbocycles. The molecule has 1 N–H and O–H groups in total. The van der Waals surface area contributed by atoms with Crippen LogP contribution < -0.4 is 0 Å². The highest BCUT2D eigenvalue weighted by molar-refractivity contribution is 7.18. The first-order chi connectivity index (χ1) is 11.6. The average molecular weight is 348 g/mol. The third-order valence-electron chi connectivity index (χ3n) is 6.40. The Morgan fingerprint density at radius 3 is 2.38 bits per heavy atom. The summed E-state index contributed by atoms with van der Waals surface area (Å²) in [6, 6.07) is 6.67. The minimum atomic E-state index is 0.344. The number of piperazine rings is 3. The second kappa shape index (κ2) is 6.37. The van der Waals surface area contributed by atoms with E-state index >= 15 is 0 Å². The monoisotopic (exact) mass is 347 g/mol. The lowest BCUT2D eigenvalue weighted by atomic mass is 10.0. The summed E-state index contributed by atoms with van der Waals surface area (Å²) in [6.45, 7) is 12.8. The number of nitrogens with zero attached hydrogens (tertiary/aromatic N) is 3. The highest BCUT2D eigenvalue weighted by Gasteiger charge is 2.48. The topological polar surface area (TPSA) is 33.1 Å². The van der Waals surface area contributed by atoms with Crippen LogP contribution in [-0.4, -0.2) is 78.0 Å². The zero-order valence-corrected chi connectivity index (χ0v) is 15.5. The minimum Gasteiger partial charge on any atom is -0.396 e. The van der Waals surface area contributed by atoms with Crippen LogP contribution in [0.4, 0.5) is 0 Å². The molecule has 2 bridgehead atoms. The van der Waals surface area contributed by atoms with Crippen LogP contribution >= 0.6 is 11.3 Å². The fraction of sp³-hybridized carbons (Fsp3) is 0.632. The van der Waals surface area contributed by atoms with Crippen LogP contribution in [0.5, 0.6) is 0 Å². The van der Waals surface area contributed by atoms with Gasteiger partial charge in [-0.05, 0) is 18.6 Å². The van der Waals surface area contributed by atoms with Crippen molar-refractivity contribution < 1.29 is 14.1 Å². The molecule has 1 aromatic carbocycles. The number of aliphatic hydroxyl groups excluding tert-OH is 1. The lowest BCUT2D eigenvalue weighted by Gasteiger charge is -2.55. The fourth-order valence-corrected chi connectivity index (χ4v) is 5.57. The molecule has 4 heterocycles. The molecule has 3 aliphatic heterocycles. The summed E-state index contributed by atoms with van der Waals surface area (Å²) in [5, 5.41) is 10.3. The number of rotatable bonds is 6. The van der Waals surface area contributed by atoms with E-state index in [1.54, 1.807) is 0 Å². The second-order valence-corrected chi connectivity index (χ2v) is 9.03. The van der Waals surface area contributed by atoms with Gasteiger partial charge >= 0.3 is 0 Å². The Hall–Kier alpha value is -1.01. The Bertz CT molecular complexity index is 702. The van der Waals surface area contributed by atoms with Crippen LogP contribution in [0, 0.1) is 6.92 Å². The number of para-hydroxylation sites is 1. The molecule has 0 spiro atoms. The third-order valence-corrected chi connectivity index (χ3v) is 7.34. The van der Waals surface area contributed by atoms with Crippen LogP contribution in [0.15, 0.2) is 18.2 Å². The minimum absolute atomic E-state index is 0.344. The highest BCUT2D eigenvalue weighted by atomic mass is 32.1. The Morgan fingerprint density at radius 1 is 1.04 bits per heavy atom. The molecule has 130 valence electrons. The van der Waals surface area contributed by atoms with Crippen molar-refractivity contribution in [2.24, 2.45) is 0 Å². The number of benzene rings is 1. The van der Waals surface area contributed by atoms with E-state index in [2.05, 4.69) is 25.1 Å². The van der Waals surface area contributed by atoms with Gasteiger partial charge in [-0.1, -0.05) is 12.1 Å². The zero-order chi connectivity index (χ0) is 16.6. The van der Waals surface area contributed by atoms with Gasteiger partial charge < -0.3 is 14.1 Å². The molecule has 0 saturated carbocycles. The van der Waals surface area contributed by atoms with E-state index in [9.17, 15) is 0 Å². The van der Waals surface area contributed by atoms with E-state index in [0.29, 0.717) is 6.61 Å². The normalized spacial score (nSPS) is 29.4. The molecule has 4 nitrogen and oxygen atoms in total. The maximum Gasteiger partial charge on any atom is 0.129 e. The number of fused-ring (bicyclic) bond motifs is 4. The first kappa shape index (κ1) is 16.5. The average Bonchev–Trinajstić information content (AvgIpc) is 3.01. The van der Waals surface area contributed by atoms with Gasteiger partial charge in [-0.15, -0.1) is 11.3 Å². The van der Waals surface area contributed by atoms with Crippen molar-refractivity contribution in [3.05, 3.63) is 28.8 Å². The summed E-state index contributed by atoms with van der Waals surface area (Å²) in [6.07, 6.45) is 2.11. The molecule has 3 fully saturated rings. The van der Waals surface area contributed by atoms with E-state index in [1.807, 2.05) is 11.3 Å². The number of hydrogen-bond acceptors (Lipinski definition) is 3. The molecule has 3 aliphatic rings. The van der Waals surface area contributed by atoms with Gasteiger partial charge in [-0.3, -0.25) is 0 Å². The van der Waals surface area contributed by atoms with Gasteiger partial charge in [0.2, 0.25) is 0 Å². The first-order valence-corrected chi connectivity index (χ1v) is 10.1. The fourth-order valence-electron chi connectivity index (χ4n) is 4.70. The van der Waals surface area contributed by atoms with Crippen molar-refractivity contribution in [1.82, 2.24) is 4.98 Å². The van der Waals surface area contributed by atoms with E-state index in [4.69, 9.17) is 10.1 Å². The molecule has 0 unspecified atom stereocenters. The molecular weight excluding hydrogens is 318 g/mol. The predicted molar refractivity (Wildman–Crippen MR) is 99.2 cm³/mol. The largest absolute Gasteiger partial charge is 0.396 e. The van der Waals surface area contributed by atoms with Gasteiger partial charge in [-0.2, -0.15) is 0 Å². The molecule has 0 amide bonds. The molecule has 5 heteroatoms. The molecule has 1 aromatic heterocycles. The number of aryl methyl sites for hydroxylation is 1. The number of aromatic nitrogens is 1. The smallest absolute Gasteiger partial charge is 0.129 e. The van der Waals surface area contributed by atoms with Gasteiger partial charge in [-0.25, -0.2) is 4.98 Å². The second-order valence-electron chi connectivity index (χ2n) is 7.80. The molecule has 5 rings (SSSR count). The highest BCUT2D eigenvalue weighted by Crippen LogP contribution is 2.29. The summed E-state index contributed by atoms with van der Waals surface area (Å²) in [7, 11) is 0. The van der Waals surface area contributed by atoms with Crippen LogP contribution in [0.2, 0.25) is 0 Å². The quantitative estimate of drug-likeness (QED) is 0.813. The summed E-state index contributed by atoms with van der Waals surface area (Å²) in [5.74, 6) is 0. The maximum absolute atomic E-state index is 9.15. The van der Waals surface area contributed by atoms with Gasteiger partial charge in [0, 0.05) is 19.4 Å². The van der Waals surface area contributed by atoms with Crippen LogP contribution in [0.25, 0.3) is 10.2 Å². The Morgan fingerprint density at radius 2 is 1.71 bits per heavy atom. The van der Waals surface area contributed by atoms with Crippen LogP contribution in [-0.2, 0) is 6.42 Å². The summed E-state index contributed by atoms with van der Waals surface area (Å²) in [4.78, 5) is 4.76. The lowest BCUT2D eigenvalue weighted by molar-refractivity contribution is -1.08. The van der Waals surface area contributed by atoms with E-state index in [1.165, 1.54) is 82.1 Å². The van der Waals surface area contributed by atoms with Crippen molar-refractivity contribution in [2.75, 3.05) is 59.0 Å². The maximum atomic E-state index is 9.15. The lowest BCUT2D eigenvalue weighted by Crippen LogP contribution is -2.75. The van der Waals surface area contributed by atoms with Gasteiger partial charge in [0.25, 0.3) is 0 Å².